The van der Waals surface area contributed by atoms with E-state index in [0.29, 0.717) is 12.0 Å². The van der Waals surface area contributed by atoms with E-state index in [1.165, 1.54) is 12.1 Å². The van der Waals surface area contributed by atoms with Crippen molar-refractivity contribution in [2.24, 2.45) is 0 Å². The Morgan fingerprint density at radius 1 is 1.41 bits per heavy atom. The number of nitrogens with one attached hydrogen (secondary N) is 1. The molecule has 2 rings (SSSR count). The van der Waals surface area contributed by atoms with Gasteiger partial charge in [-0.25, -0.2) is 13.2 Å². The number of sulfone groups is 1. The monoisotopic (exact) mass is 322 g/mol. The maximum Gasteiger partial charge on any atom is 0.338 e. The van der Waals surface area contributed by atoms with Crippen LogP contribution in [0.15, 0.2) is 24.3 Å². The number of nitrogens with zero attached hydrogens (tertiary/aromatic N) is 1. The molecule has 0 aromatic heterocycles. The standard InChI is InChI=1S/C14H14N2O5S/c15-7-10-2-1-3-11(6-10)14(18)21-8-13(17)16-12-4-5-22(19,20)9-12/h1-3,6,12H,4-5,8-9H2,(H,16,17)/t12-/m1/s1. The van der Waals surface area contributed by atoms with Crippen LogP contribution in [-0.2, 0) is 19.4 Å². The summed E-state index contributed by atoms with van der Waals surface area (Å²) in [6, 6.07) is 7.39. The molecule has 0 saturated carbocycles. The van der Waals surface area contributed by atoms with Crippen LogP contribution in [0.25, 0.3) is 0 Å². The van der Waals surface area contributed by atoms with Crippen LogP contribution in [0.1, 0.15) is 22.3 Å². The predicted octanol–water partition coefficient (Wildman–Crippen LogP) is 0.0184. The van der Waals surface area contributed by atoms with E-state index in [1.54, 1.807) is 12.1 Å². The second kappa shape index (κ2) is 6.58. The summed E-state index contributed by atoms with van der Waals surface area (Å²) in [6.07, 6.45) is 0.367. The van der Waals surface area contributed by atoms with Gasteiger partial charge in [0, 0.05) is 6.04 Å². The van der Waals surface area contributed by atoms with Crippen LogP contribution in [0.5, 0.6) is 0 Å². The van der Waals surface area contributed by atoms with Gasteiger partial charge in [-0.1, -0.05) is 6.07 Å². The number of rotatable bonds is 4. The minimum absolute atomic E-state index is 0.0543. The van der Waals surface area contributed by atoms with Crippen LogP contribution < -0.4 is 5.32 Å². The first kappa shape index (κ1) is 16.0. The van der Waals surface area contributed by atoms with Gasteiger partial charge in [-0.3, -0.25) is 4.79 Å². The minimum Gasteiger partial charge on any atom is -0.452 e. The number of carbonyl (C=O) groups is 2. The molecule has 8 heteroatoms. The van der Waals surface area contributed by atoms with E-state index in [2.05, 4.69) is 5.32 Å². The maximum absolute atomic E-state index is 11.8. The third-order valence-corrected chi connectivity index (χ3v) is 4.93. The van der Waals surface area contributed by atoms with Gasteiger partial charge in [0.1, 0.15) is 0 Å². The first-order chi connectivity index (χ1) is 10.4. The minimum atomic E-state index is -3.08. The van der Waals surface area contributed by atoms with Crippen molar-refractivity contribution >= 4 is 21.7 Å². The highest BCUT2D eigenvalue weighted by atomic mass is 32.2. The lowest BCUT2D eigenvalue weighted by Gasteiger charge is -2.11. The second-order valence-corrected chi connectivity index (χ2v) is 7.16. The number of benzene rings is 1. The van der Waals surface area contributed by atoms with Gasteiger partial charge in [0.05, 0.1) is 28.7 Å². The molecule has 0 bridgehead atoms. The van der Waals surface area contributed by atoms with E-state index in [4.69, 9.17) is 10.00 Å². The van der Waals surface area contributed by atoms with Crippen LogP contribution in [0, 0.1) is 11.3 Å². The Hall–Kier alpha value is -2.40. The van der Waals surface area contributed by atoms with Gasteiger partial charge >= 0.3 is 5.97 Å². The molecule has 1 aromatic rings. The Balaban J connectivity index is 1.83. The SMILES string of the molecule is N#Cc1cccc(C(=O)OCC(=O)N[C@@H]2CCS(=O)(=O)C2)c1. The third kappa shape index (κ3) is 4.30. The summed E-state index contributed by atoms with van der Waals surface area (Å²) in [7, 11) is -3.08. The molecule has 7 nitrogen and oxygen atoms in total. The molecule has 1 N–H and O–H groups in total. The van der Waals surface area contributed by atoms with Crippen molar-refractivity contribution in [2.75, 3.05) is 18.1 Å². The van der Waals surface area contributed by atoms with Crippen LogP contribution in [0.2, 0.25) is 0 Å². The number of hydrogen-bond donors (Lipinski definition) is 1. The molecular formula is C14H14N2O5S. The second-order valence-electron chi connectivity index (χ2n) is 4.94. The van der Waals surface area contributed by atoms with Gasteiger partial charge in [0.15, 0.2) is 16.4 Å². The lowest BCUT2D eigenvalue weighted by molar-refractivity contribution is -0.124. The zero-order chi connectivity index (χ0) is 16.2. The average Bonchev–Trinajstić information content (AvgIpc) is 2.83. The Labute approximate surface area is 127 Å². The van der Waals surface area contributed by atoms with Gasteiger partial charge in [0.25, 0.3) is 5.91 Å². The van der Waals surface area contributed by atoms with E-state index >= 15 is 0 Å². The van der Waals surface area contributed by atoms with Crippen molar-refractivity contribution in [3.05, 3.63) is 35.4 Å². The van der Waals surface area contributed by atoms with Crippen molar-refractivity contribution < 1.29 is 22.7 Å². The number of esters is 1. The van der Waals surface area contributed by atoms with Crippen molar-refractivity contribution in [3.8, 4) is 6.07 Å². The van der Waals surface area contributed by atoms with Crippen molar-refractivity contribution in [1.82, 2.24) is 5.32 Å². The quantitative estimate of drug-likeness (QED) is 0.782. The maximum atomic E-state index is 11.8. The largest absolute Gasteiger partial charge is 0.452 e. The Morgan fingerprint density at radius 2 is 2.18 bits per heavy atom. The summed E-state index contributed by atoms with van der Waals surface area (Å²) in [6.45, 7) is -0.494. The normalized spacial score (nSPS) is 19.1. The van der Waals surface area contributed by atoms with Crippen LogP contribution in [0.3, 0.4) is 0 Å². The van der Waals surface area contributed by atoms with Gasteiger partial charge in [-0.2, -0.15) is 5.26 Å². The van der Waals surface area contributed by atoms with E-state index in [-0.39, 0.29) is 17.1 Å². The lowest BCUT2D eigenvalue weighted by atomic mass is 10.1. The summed E-state index contributed by atoms with van der Waals surface area (Å²) in [4.78, 5) is 23.4. The molecule has 1 saturated heterocycles. The van der Waals surface area contributed by atoms with E-state index in [0.717, 1.165) is 0 Å². The van der Waals surface area contributed by atoms with Crippen molar-refractivity contribution in [3.63, 3.8) is 0 Å². The van der Waals surface area contributed by atoms with Gasteiger partial charge in [0.2, 0.25) is 0 Å². The summed E-state index contributed by atoms with van der Waals surface area (Å²) >= 11 is 0. The highest BCUT2D eigenvalue weighted by molar-refractivity contribution is 7.91. The molecule has 1 heterocycles. The number of nitriles is 1. The number of carbonyl (C=O) groups excluding carboxylic acids is 2. The Morgan fingerprint density at radius 3 is 2.82 bits per heavy atom. The van der Waals surface area contributed by atoms with Crippen molar-refractivity contribution in [2.45, 2.75) is 12.5 Å². The third-order valence-electron chi connectivity index (χ3n) is 3.16. The summed E-state index contributed by atoms with van der Waals surface area (Å²) < 4.78 is 27.4. The predicted molar refractivity (Wildman–Crippen MR) is 76.6 cm³/mol. The molecule has 116 valence electrons. The van der Waals surface area contributed by atoms with E-state index in [9.17, 15) is 18.0 Å². The molecule has 22 heavy (non-hydrogen) atoms. The Bertz CT molecular complexity index is 736. The van der Waals surface area contributed by atoms with E-state index < -0.39 is 34.4 Å². The van der Waals surface area contributed by atoms with Crippen LogP contribution >= 0.6 is 0 Å². The first-order valence-electron chi connectivity index (χ1n) is 6.57. The molecule has 0 aliphatic carbocycles. The average molecular weight is 322 g/mol. The smallest absolute Gasteiger partial charge is 0.338 e. The molecule has 0 unspecified atom stereocenters. The highest BCUT2D eigenvalue weighted by Gasteiger charge is 2.29. The summed E-state index contributed by atoms with van der Waals surface area (Å²) in [5, 5.41) is 11.3. The molecule has 1 aromatic carbocycles. The van der Waals surface area contributed by atoms with Gasteiger partial charge in [-0.15, -0.1) is 0 Å². The topological polar surface area (TPSA) is 113 Å². The number of ether oxygens (including phenoxy) is 1. The fourth-order valence-corrected chi connectivity index (χ4v) is 3.78. The fraction of sp³-hybridized carbons (Fsp3) is 0.357. The molecule has 1 amide bonds. The van der Waals surface area contributed by atoms with Crippen LogP contribution in [0.4, 0.5) is 0 Å². The first-order valence-corrected chi connectivity index (χ1v) is 8.39. The highest BCUT2D eigenvalue weighted by Crippen LogP contribution is 2.11. The fourth-order valence-electron chi connectivity index (χ4n) is 2.11. The van der Waals surface area contributed by atoms with Gasteiger partial charge < -0.3 is 10.1 Å². The summed E-state index contributed by atoms with van der Waals surface area (Å²) in [5.74, 6) is -1.30. The Kier molecular flexibility index (Phi) is 4.78. The number of amides is 1. The van der Waals surface area contributed by atoms with Crippen molar-refractivity contribution in [1.29, 1.82) is 5.26 Å². The molecule has 1 fully saturated rings. The molecule has 1 aliphatic rings. The summed E-state index contributed by atoms with van der Waals surface area (Å²) in [5.41, 5.74) is 0.491. The van der Waals surface area contributed by atoms with E-state index in [1.807, 2.05) is 6.07 Å². The zero-order valence-electron chi connectivity index (χ0n) is 11.6. The molecule has 0 radical (unpaired) electrons. The molecular weight excluding hydrogens is 308 g/mol. The molecule has 1 atom stereocenters. The zero-order valence-corrected chi connectivity index (χ0v) is 12.4. The molecule has 1 aliphatic heterocycles. The number of hydrogen-bond acceptors (Lipinski definition) is 6. The molecule has 0 spiro atoms. The lowest BCUT2D eigenvalue weighted by Crippen LogP contribution is -2.38. The van der Waals surface area contributed by atoms with Gasteiger partial charge in [-0.05, 0) is 24.6 Å². The van der Waals surface area contributed by atoms with Crippen LogP contribution in [-0.4, -0.2) is 44.4 Å².